The number of carbonyl (C=O) groups is 2. The van der Waals surface area contributed by atoms with Gasteiger partial charge in [0.05, 0.1) is 6.21 Å². The van der Waals surface area contributed by atoms with Crippen LogP contribution in [0.4, 0.5) is 5.69 Å². The highest BCUT2D eigenvalue weighted by Crippen LogP contribution is 2.23. The van der Waals surface area contributed by atoms with Crippen LogP contribution in [0.2, 0.25) is 5.02 Å². The lowest BCUT2D eigenvalue weighted by Crippen LogP contribution is -2.20. The average molecular weight is 350 g/mol. The van der Waals surface area contributed by atoms with Crippen molar-refractivity contribution >= 4 is 46.7 Å². The van der Waals surface area contributed by atoms with Crippen molar-refractivity contribution in [1.29, 1.82) is 0 Å². The van der Waals surface area contributed by atoms with Crippen molar-refractivity contribution in [2.75, 3.05) is 5.32 Å². The second-order valence-corrected chi connectivity index (χ2v) is 6.16. The topological polar surface area (TPSA) is 70.6 Å². The van der Waals surface area contributed by atoms with Crippen LogP contribution in [0.15, 0.2) is 40.8 Å². The second-order valence-electron chi connectivity index (χ2n) is 4.77. The Hall–Kier alpha value is -2.18. The molecule has 7 heteroatoms. The van der Waals surface area contributed by atoms with Gasteiger partial charge in [-0.2, -0.15) is 5.10 Å². The van der Waals surface area contributed by atoms with Crippen molar-refractivity contribution in [2.45, 2.75) is 19.8 Å². The summed E-state index contributed by atoms with van der Waals surface area (Å²) in [5.41, 5.74) is 3.85. The van der Waals surface area contributed by atoms with Gasteiger partial charge >= 0.3 is 0 Å². The molecule has 0 saturated heterocycles. The zero-order valence-electron chi connectivity index (χ0n) is 12.5. The smallest absolute Gasteiger partial charge is 0.240 e. The molecule has 0 aliphatic rings. The van der Waals surface area contributed by atoms with Crippen molar-refractivity contribution in [2.24, 2.45) is 5.10 Å². The molecule has 0 aliphatic heterocycles. The fraction of sp³-hybridized carbons (Fsp3) is 0.188. The first-order valence-electron chi connectivity index (χ1n) is 6.96. The van der Waals surface area contributed by atoms with Crippen molar-refractivity contribution in [3.8, 4) is 0 Å². The Morgan fingerprint density at radius 3 is 2.74 bits per heavy atom. The quantitative estimate of drug-likeness (QED) is 0.618. The number of nitrogens with one attached hydrogen (secondary N) is 2. The van der Waals surface area contributed by atoms with Gasteiger partial charge in [-0.3, -0.25) is 9.59 Å². The van der Waals surface area contributed by atoms with E-state index < -0.39 is 0 Å². The fourth-order valence-corrected chi connectivity index (χ4v) is 2.53. The summed E-state index contributed by atoms with van der Waals surface area (Å²) in [7, 11) is 0. The maximum Gasteiger partial charge on any atom is 0.240 e. The highest BCUT2D eigenvalue weighted by atomic mass is 35.5. The van der Waals surface area contributed by atoms with Gasteiger partial charge in [0.2, 0.25) is 11.8 Å². The number of carbonyl (C=O) groups excluding carboxylic acids is 2. The van der Waals surface area contributed by atoms with Crippen LogP contribution >= 0.6 is 22.9 Å². The Labute approximate surface area is 143 Å². The number of nitrogens with zero attached hydrogens (tertiary/aromatic N) is 1. The number of benzene rings is 1. The zero-order chi connectivity index (χ0) is 16.7. The van der Waals surface area contributed by atoms with E-state index in [1.807, 2.05) is 24.4 Å². The average Bonchev–Trinajstić information content (AvgIpc) is 3.03. The SMILES string of the molecule is Cc1c(Cl)cccc1NC(=O)CCC(=O)N/N=C/c1cccs1. The highest BCUT2D eigenvalue weighted by Gasteiger charge is 2.09. The lowest BCUT2D eigenvalue weighted by atomic mass is 10.2. The number of hydrogen-bond donors (Lipinski definition) is 2. The van der Waals surface area contributed by atoms with Crippen LogP contribution in [0.1, 0.15) is 23.3 Å². The second kappa shape index (κ2) is 8.45. The molecule has 23 heavy (non-hydrogen) atoms. The number of thiophene rings is 1. The van der Waals surface area contributed by atoms with E-state index in [1.54, 1.807) is 24.4 Å². The molecule has 0 radical (unpaired) electrons. The Balaban J connectivity index is 1.75. The number of rotatable bonds is 6. The van der Waals surface area contributed by atoms with Crippen molar-refractivity contribution in [3.05, 3.63) is 51.2 Å². The summed E-state index contributed by atoms with van der Waals surface area (Å²) < 4.78 is 0. The van der Waals surface area contributed by atoms with E-state index in [9.17, 15) is 9.59 Å². The first-order valence-corrected chi connectivity index (χ1v) is 8.22. The summed E-state index contributed by atoms with van der Waals surface area (Å²) in [4.78, 5) is 24.4. The maximum absolute atomic E-state index is 11.9. The van der Waals surface area contributed by atoms with Gasteiger partial charge in [-0.1, -0.05) is 23.7 Å². The van der Waals surface area contributed by atoms with E-state index in [1.165, 1.54) is 11.3 Å². The van der Waals surface area contributed by atoms with Crippen LogP contribution in [-0.4, -0.2) is 18.0 Å². The molecule has 0 unspecified atom stereocenters. The number of anilines is 1. The molecule has 1 heterocycles. The van der Waals surface area contributed by atoms with E-state index in [2.05, 4.69) is 15.8 Å². The molecule has 120 valence electrons. The summed E-state index contributed by atoms with van der Waals surface area (Å²) in [6, 6.07) is 9.07. The van der Waals surface area contributed by atoms with Crippen LogP contribution < -0.4 is 10.7 Å². The first-order chi connectivity index (χ1) is 11.1. The van der Waals surface area contributed by atoms with Crippen molar-refractivity contribution < 1.29 is 9.59 Å². The molecule has 0 atom stereocenters. The highest BCUT2D eigenvalue weighted by molar-refractivity contribution is 7.11. The largest absolute Gasteiger partial charge is 0.326 e. The third kappa shape index (κ3) is 5.50. The van der Waals surface area contributed by atoms with Crippen LogP contribution in [0, 0.1) is 6.92 Å². The normalized spacial score (nSPS) is 10.7. The van der Waals surface area contributed by atoms with Crippen LogP contribution in [0.3, 0.4) is 0 Å². The van der Waals surface area contributed by atoms with Crippen molar-refractivity contribution in [1.82, 2.24) is 5.43 Å². The van der Waals surface area contributed by atoms with Crippen LogP contribution in [0.25, 0.3) is 0 Å². The first kappa shape index (κ1) is 17.2. The van der Waals surface area contributed by atoms with E-state index >= 15 is 0 Å². The molecular formula is C16H16ClN3O2S. The molecule has 1 aromatic heterocycles. The van der Waals surface area contributed by atoms with Gasteiger partial charge in [0.25, 0.3) is 0 Å². The Bertz CT molecular complexity index is 714. The monoisotopic (exact) mass is 349 g/mol. The van der Waals surface area contributed by atoms with E-state index in [0.29, 0.717) is 10.7 Å². The Kier molecular flexibility index (Phi) is 6.31. The van der Waals surface area contributed by atoms with Gasteiger partial charge in [0.1, 0.15) is 0 Å². The molecule has 2 aromatic rings. The summed E-state index contributed by atoms with van der Waals surface area (Å²) in [6.45, 7) is 1.82. The van der Waals surface area contributed by atoms with Crippen molar-refractivity contribution in [3.63, 3.8) is 0 Å². The molecule has 0 saturated carbocycles. The molecule has 0 fully saturated rings. The minimum Gasteiger partial charge on any atom is -0.326 e. The maximum atomic E-state index is 11.9. The van der Waals surface area contributed by atoms with Gasteiger partial charge < -0.3 is 5.32 Å². The lowest BCUT2D eigenvalue weighted by molar-refractivity contribution is -0.124. The zero-order valence-corrected chi connectivity index (χ0v) is 14.1. The number of amides is 2. The molecule has 2 N–H and O–H groups in total. The van der Waals surface area contributed by atoms with E-state index in [0.717, 1.165) is 10.4 Å². The van der Waals surface area contributed by atoms with Gasteiger partial charge in [-0.05, 0) is 36.1 Å². The fourth-order valence-electron chi connectivity index (χ4n) is 1.77. The summed E-state index contributed by atoms with van der Waals surface area (Å²) in [5, 5.41) is 9.09. The molecular weight excluding hydrogens is 334 g/mol. The minimum absolute atomic E-state index is 0.0627. The molecule has 0 aliphatic carbocycles. The van der Waals surface area contributed by atoms with Gasteiger partial charge in [-0.15, -0.1) is 11.3 Å². The third-order valence-electron chi connectivity index (χ3n) is 3.05. The molecule has 0 bridgehead atoms. The number of halogens is 1. The van der Waals surface area contributed by atoms with Gasteiger partial charge in [-0.25, -0.2) is 5.43 Å². The molecule has 0 spiro atoms. The predicted molar refractivity (Wildman–Crippen MR) is 94.1 cm³/mol. The Morgan fingerprint density at radius 2 is 2.00 bits per heavy atom. The number of hydrogen-bond acceptors (Lipinski definition) is 4. The third-order valence-corrected chi connectivity index (χ3v) is 4.26. The predicted octanol–water partition coefficient (Wildman–Crippen LogP) is 3.58. The lowest BCUT2D eigenvalue weighted by Gasteiger charge is -2.09. The molecule has 1 aromatic carbocycles. The molecule has 2 amide bonds. The summed E-state index contributed by atoms with van der Waals surface area (Å²) in [6.07, 6.45) is 1.71. The number of hydrazone groups is 1. The van der Waals surface area contributed by atoms with Gasteiger partial charge in [0, 0.05) is 28.4 Å². The molecule has 5 nitrogen and oxygen atoms in total. The van der Waals surface area contributed by atoms with Crippen LogP contribution in [-0.2, 0) is 9.59 Å². The summed E-state index contributed by atoms with van der Waals surface area (Å²) in [5.74, 6) is -0.552. The molecule has 2 rings (SSSR count). The van der Waals surface area contributed by atoms with Crippen LogP contribution in [0.5, 0.6) is 0 Å². The van der Waals surface area contributed by atoms with E-state index in [-0.39, 0.29) is 24.7 Å². The standard InChI is InChI=1S/C16H16ClN3O2S/c1-11-13(17)5-2-6-14(11)19-15(21)7-8-16(22)20-18-10-12-4-3-9-23-12/h2-6,9-10H,7-8H2,1H3,(H,19,21)(H,20,22)/b18-10+. The minimum atomic E-state index is -0.309. The van der Waals surface area contributed by atoms with Gasteiger partial charge in [0.15, 0.2) is 0 Å². The Morgan fingerprint density at radius 1 is 1.22 bits per heavy atom. The van der Waals surface area contributed by atoms with E-state index in [4.69, 9.17) is 11.6 Å². The summed E-state index contributed by atoms with van der Waals surface area (Å²) >= 11 is 7.51.